The maximum atomic E-state index is 10.8. The van der Waals surface area contributed by atoms with Crippen molar-refractivity contribution in [2.45, 2.75) is 18.9 Å². The van der Waals surface area contributed by atoms with Gasteiger partial charge in [0, 0.05) is 25.2 Å². The first-order valence-corrected chi connectivity index (χ1v) is 6.94. The van der Waals surface area contributed by atoms with Crippen LogP contribution in [0.5, 0.6) is 0 Å². The van der Waals surface area contributed by atoms with Crippen LogP contribution in [0.15, 0.2) is 18.2 Å². The van der Waals surface area contributed by atoms with Gasteiger partial charge in [0.1, 0.15) is 0 Å². The molecule has 8 heteroatoms. The summed E-state index contributed by atoms with van der Waals surface area (Å²) in [7, 11) is 0. The average Bonchev–Trinajstić information content (AvgIpc) is 2.41. The Bertz CT molecular complexity index is 533. The van der Waals surface area contributed by atoms with Crippen LogP contribution in [0.3, 0.4) is 0 Å². The molecule has 6 nitrogen and oxygen atoms in total. The minimum Gasteiger partial charge on any atom is -0.393 e. The predicted octanol–water partition coefficient (Wildman–Crippen LogP) is 2.40. The molecule has 0 unspecified atom stereocenters. The van der Waals surface area contributed by atoms with E-state index < -0.39 is 4.92 Å². The van der Waals surface area contributed by atoms with Gasteiger partial charge in [-0.25, -0.2) is 0 Å². The lowest BCUT2D eigenvalue weighted by molar-refractivity contribution is -0.384. The highest BCUT2D eigenvalue weighted by molar-refractivity contribution is 7.80. The Morgan fingerprint density at radius 3 is 2.75 bits per heavy atom. The molecule has 0 amide bonds. The molecule has 2 N–H and O–H groups in total. The van der Waals surface area contributed by atoms with E-state index in [-0.39, 0.29) is 11.8 Å². The fourth-order valence-corrected chi connectivity index (χ4v) is 2.44. The third-order valence-electron chi connectivity index (χ3n) is 3.15. The number of benzene rings is 1. The van der Waals surface area contributed by atoms with Gasteiger partial charge in [0.25, 0.3) is 5.69 Å². The van der Waals surface area contributed by atoms with Crippen molar-refractivity contribution in [2.24, 2.45) is 0 Å². The highest BCUT2D eigenvalue weighted by atomic mass is 35.5. The first-order chi connectivity index (χ1) is 9.47. The van der Waals surface area contributed by atoms with Gasteiger partial charge in [-0.05, 0) is 31.1 Å². The molecule has 0 bridgehead atoms. The van der Waals surface area contributed by atoms with Crippen LogP contribution in [0, 0.1) is 10.1 Å². The van der Waals surface area contributed by atoms with Gasteiger partial charge >= 0.3 is 0 Å². The molecule has 1 heterocycles. The molecule has 0 aromatic heterocycles. The second-order valence-corrected chi connectivity index (χ2v) is 5.36. The molecule has 1 saturated heterocycles. The molecular formula is C12H14ClN3O3S. The Kier molecular flexibility index (Phi) is 4.74. The summed E-state index contributed by atoms with van der Waals surface area (Å²) in [6, 6.07) is 4.16. The van der Waals surface area contributed by atoms with Crippen molar-refractivity contribution < 1.29 is 10.0 Å². The lowest BCUT2D eigenvalue weighted by atomic mass is 10.1. The maximum absolute atomic E-state index is 10.8. The molecule has 1 aromatic carbocycles. The first-order valence-electron chi connectivity index (χ1n) is 6.15. The number of nitro groups is 1. The van der Waals surface area contributed by atoms with Crippen LogP contribution in [-0.2, 0) is 0 Å². The second kappa shape index (κ2) is 6.34. The predicted molar refractivity (Wildman–Crippen MR) is 81.1 cm³/mol. The van der Waals surface area contributed by atoms with E-state index in [4.69, 9.17) is 23.8 Å². The van der Waals surface area contributed by atoms with E-state index in [1.54, 1.807) is 0 Å². The van der Waals surface area contributed by atoms with Crippen LogP contribution in [-0.4, -0.2) is 39.2 Å². The molecule has 108 valence electrons. The average molecular weight is 316 g/mol. The van der Waals surface area contributed by atoms with Crippen molar-refractivity contribution in [3.8, 4) is 0 Å². The molecule has 20 heavy (non-hydrogen) atoms. The van der Waals surface area contributed by atoms with Crippen molar-refractivity contribution in [1.82, 2.24) is 4.90 Å². The van der Waals surface area contributed by atoms with Crippen LogP contribution >= 0.6 is 23.8 Å². The Hall–Kier alpha value is -1.44. The summed E-state index contributed by atoms with van der Waals surface area (Å²) >= 11 is 11.3. The minimum atomic E-state index is -0.484. The summed E-state index contributed by atoms with van der Waals surface area (Å²) in [6.45, 7) is 1.30. The normalized spacial score (nSPS) is 16.0. The van der Waals surface area contributed by atoms with Crippen LogP contribution in [0.25, 0.3) is 0 Å². The number of piperidine rings is 1. The van der Waals surface area contributed by atoms with E-state index in [0.29, 0.717) is 41.8 Å². The zero-order chi connectivity index (χ0) is 14.7. The number of nitrogens with zero attached hydrogens (tertiary/aromatic N) is 2. The fourth-order valence-electron chi connectivity index (χ4n) is 1.99. The van der Waals surface area contributed by atoms with Crippen LogP contribution in [0.1, 0.15) is 12.8 Å². The fraction of sp³-hybridized carbons (Fsp3) is 0.417. The molecule has 1 aliphatic rings. The standard InChI is InChI=1S/C12H14ClN3O3S/c13-10-2-1-8(16(18)19)7-11(10)14-12(20)15-5-3-9(17)4-6-15/h1-2,7,9,17H,3-6H2,(H,14,20). The smallest absolute Gasteiger partial charge is 0.271 e. The summed E-state index contributed by atoms with van der Waals surface area (Å²) in [5.41, 5.74) is 0.366. The molecule has 0 spiro atoms. The van der Waals surface area contributed by atoms with Gasteiger partial charge in [0.15, 0.2) is 5.11 Å². The number of thiocarbonyl (C=S) groups is 1. The number of hydrogen-bond donors (Lipinski definition) is 2. The topological polar surface area (TPSA) is 78.6 Å². The van der Waals surface area contributed by atoms with Gasteiger partial charge in [-0.3, -0.25) is 10.1 Å². The Balaban J connectivity index is 2.07. The molecule has 0 saturated carbocycles. The molecule has 0 aliphatic carbocycles. The SMILES string of the molecule is O=[N+]([O-])c1ccc(Cl)c(NC(=S)N2CCC(O)CC2)c1. The third-order valence-corrected chi connectivity index (χ3v) is 3.84. The number of hydrogen-bond acceptors (Lipinski definition) is 4. The van der Waals surface area contributed by atoms with Gasteiger partial charge in [-0.15, -0.1) is 0 Å². The van der Waals surface area contributed by atoms with Crippen molar-refractivity contribution >= 4 is 40.3 Å². The maximum Gasteiger partial charge on any atom is 0.271 e. The summed E-state index contributed by atoms with van der Waals surface area (Å²) < 4.78 is 0. The Labute approximate surface area is 126 Å². The van der Waals surface area contributed by atoms with E-state index in [9.17, 15) is 15.2 Å². The Morgan fingerprint density at radius 2 is 2.15 bits per heavy atom. The van der Waals surface area contributed by atoms with Gasteiger partial charge in [-0.2, -0.15) is 0 Å². The van der Waals surface area contributed by atoms with E-state index in [1.807, 2.05) is 4.90 Å². The van der Waals surface area contributed by atoms with E-state index >= 15 is 0 Å². The number of rotatable bonds is 2. The number of nitrogens with one attached hydrogen (secondary N) is 1. The number of halogens is 1. The number of nitro benzene ring substituents is 1. The highest BCUT2D eigenvalue weighted by Crippen LogP contribution is 2.27. The molecule has 0 radical (unpaired) electrons. The van der Waals surface area contributed by atoms with E-state index in [1.165, 1.54) is 18.2 Å². The quantitative estimate of drug-likeness (QED) is 0.496. The van der Waals surface area contributed by atoms with Gasteiger partial charge < -0.3 is 15.3 Å². The Morgan fingerprint density at radius 1 is 1.50 bits per heavy atom. The summed E-state index contributed by atoms with van der Waals surface area (Å²) in [5, 5.41) is 24.0. The van der Waals surface area contributed by atoms with Crippen LogP contribution in [0.2, 0.25) is 5.02 Å². The van der Waals surface area contributed by atoms with Crippen LogP contribution in [0.4, 0.5) is 11.4 Å². The van der Waals surface area contributed by atoms with Crippen LogP contribution < -0.4 is 5.32 Å². The number of anilines is 1. The minimum absolute atomic E-state index is 0.0474. The second-order valence-electron chi connectivity index (χ2n) is 4.57. The number of likely N-dealkylation sites (tertiary alicyclic amines) is 1. The largest absolute Gasteiger partial charge is 0.393 e. The van der Waals surface area contributed by atoms with Gasteiger partial charge in [-0.1, -0.05) is 11.6 Å². The van der Waals surface area contributed by atoms with E-state index in [2.05, 4.69) is 5.32 Å². The van der Waals surface area contributed by atoms with Crippen molar-refractivity contribution in [2.75, 3.05) is 18.4 Å². The molecule has 1 fully saturated rings. The summed E-state index contributed by atoms with van der Waals surface area (Å²) in [6.07, 6.45) is 1.03. The molecular weight excluding hydrogens is 302 g/mol. The zero-order valence-corrected chi connectivity index (χ0v) is 12.2. The van der Waals surface area contributed by atoms with Crippen molar-refractivity contribution in [3.05, 3.63) is 33.3 Å². The third kappa shape index (κ3) is 3.56. The van der Waals surface area contributed by atoms with Crippen molar-refractivity contribution in [3.63, 3.8) is 0 Å². The highest BCUT2D eigenvalue weighted by Gasteiger charge is 2.20. The molecule has 0 atom stereocenters. The van der Waals surface area contributed by atoms with Gasteiger partial charge in [0.05, 0.1) is 21.7 Å². The molecule has 1 aromatic rings. The first kappa shape index (κ1) is 15.0. The lowest BCUT2D eigenvalue weighted by Gasteiger charge is -2.31. The number of non-ortho nitro benzene ring substituents is 1. The van der Waals surface area contributed by atoms with Crippen molar-refractivity contribution in [1.29, 1.82) is 0 Å². The molecule has 2 rings (SSSR count). The van der Waals surface area contributed by atoms with Gasteiger partial charge in [0.2, 0.25) is 0 Å². The molecule has 1 aliphatic heterocycles. The monoisotopic (exact) mass is 315 g/mol. The lowest BCUT2D eigenvalue weighted by Crippen LogP contribution is -2.42. The number of aliphatic hydroxyl groups is 1. The zero-order valence-electron chi connectivity index (χ0n) is 10.6. The number of aliphatic hydroxyl groups excluding tert-OH is 1. The summed E-state index contributed by atoms with van der Waals surface area (Å²) in [4.78, 5) is 12.2. The van der Waals surface area contributed by atoms with E-state index in [0.717, 1.165) is 0 Å². The summed E-state index contributed by atoms with van der Waals surface area (Å²) in [5.74, 6) is 0.